The number of hydrogen-bond donors (Lipinski definition) is 2. The first-order valence-electron chi connectivity index (χ1n) is 6.54. The molecule has 0 heterocycles. The van der Waals surface area contributed by atoms with Gasteiger partial charge in [0.05, 0.1) is 0 Å². The number of carbonyl (C=O) groups is 2. The minimum atomic E-state index is -0.567. The van der Waals surface area contributed by atoms with Crippen LogP contribution in [0.1, 0.15) is 31.1 Å². The molecule has 110 valence electrons. The van der Waals surface area contributed by atoms with Gasteiger partial charge in [-0.15, -0.1) is 0 Å². The van der Waals surface area contributed by atoms with E-state index in [1.165, 1.54) is 0 Å². The van der Waals surface area contributed by atoms with Gasteiger partial charge in [0.2, 0.25) is 5.91 Å². The zero-order valence-corrected chi connectivity index (χ0v) is 13.5. The molecule has 1 unspecified atom stereocenters. The third-order valence-electron chi connectivity index (χ3n) is 2.98. The average molecular weight is 342 g/mol. The lowest BCUT2D eigenvalue weighted by atomic mass is 10.1. The van der Waals surface area contributed by atoms with Gasteiger partial charge in [-0.3, -0.25) is 9.59 Å². The molecule has 0 bridgehead atoms. The monoisotopic (exact) mass is 341 g/mol. The molecule has 20 heavy (non-hydrogen) atoms. The maximum absolute atomic E-state index is 12.1. The maximum Gasteiger partial charge on any atom is 0.252 e. The van der Waals surface area contributed by atoms with E-state index in [9.17, 15) is 9.59 Å². The van der Waals surface area contributed by atoms with Crippen molar-refractivity contribution in [2.24, 2.45) is 0 Å². The Bertz CT molecular complexity index is 481. The molecule has 0 aliphatic rings. The molecule has 3 N–H and O–H groups in total. The van der Waals surface area contributed by atoms with Gasteiger partial charge < -0.3 is 16.0 Å². The lowest BCUT2D eigenvalue weighted by Crippen LogP contribution is -2.46. The van der Waals surface area contributed by atoms with Crippen molar-refractivity contribution in [2.45, 2.75) is 26.8 Å². The number of hydrogen-bond acceptors (Lipinski definition) is 3. The maximum atomic E-state index is 12.1. The molecule has 6 heteroatoms. The molecule has 0 fully saturated rings. The van der Waals surface area contributed by atoms with Gasteiger partial charge in [0.1, 0.15) is 6.04 Å². The highest BCUT2D eigenvalue weighted by Crippen LogP contribution is 2.17. The highest BCUT2D eigenvalue weighted by atomic mass is 79.9. The highest BCUT2D eigenvalue weighted by molar-refractivity contribution is 9.10. The summed E-state index contributed by atoms with van der Waals surface area (Å²) in [5.41, 5.74) is 6.61. The van der Waals surface area contributed by atoms with E-state index in [0.29, 0.717) is 24.3 Å². The summed E-state index contributed by atoms with van der Waals surface area (Å²) in [6.45, 7) is 6.74. The first-order chi connectivity index (χ1) is 9.38. The molecule has 0 saturated heterocycles. The standard InChI is InChI=1S/C14H20BrN3O2/c1-4-18(5-2)14(20)9(3)17-13(19)10-6-11(15)8-12(16)7-10/h6-9H,4-5,16H2,1-3H3,(H,17,19). The third-order valence-corrected chi connectivity index (χ3v) is 3.43. The molecule has 0 radical (unpaired) electrons. The molecular formula is C14H20BrN3O2. The normalized spacial score (nSPS) is 11.8. The molecule has 1 aromatic rings. The Hall–Kier alpha value is -1.56. The van der Waals surface area contributed by atoms with Crippen LogP contribution >= 0.6 is 15.9 Å². The number of nitrogens with zero attached hydrogens (tertiary/aromatic N) is 1. The van der Waals surface area contributed by atoms with E-state index < -0.39 is 6.04 Å². The second kappa shape index (κ2) is 7.28. The number of rotatable bonds is 5. The SMILES string of the molecule is CCN(CC)C(=O)C(C)NC(=O)c1cc(N)cc(Br)c1. The lowest BCUT2D eigenvalue weighted by molar-refractivity contribution is -0.132. The largest absolute Gasteiger partial charge is 0.399 e. The summed E-state index contributed by atoms with van der Waals surface area (Å²) in [6.07, 6.45) is 0. The zero-order valence-electron chi connectivity index (χ0n) is 11.9. The van der Waals surface area contributed by atoms with Crippen LogP contribution in [0.3, 0.4) is 0 Å². The van der Waals surface area contributed by atoms with Crippen LogP contribution in [0.4, 0.5) is 5.69 Å². The minimum absolute atomic E-state index is 0.0914. The molecule has 0 aliphatic heterocycles. The number of nitrogens with two attached hydrogens (primary N) is 1. The number of halogens is 1. The Labute approximate surface area is 127 Å². The van der Waals surface area contributed by atoms with Crippen molar-refractivity contribution in [1.82, 2.24) is 10.2 Å². The average Bonchev–Trinajstić information content (AvgIpc) is 2.38. The second-order valence-corrected chi connectivity index (χ2v) is 5.39. The summed E-state index contributed by atoms with van der Waals surface area (Å²) < 4.78 is 0.727. The first-order valence-corrected chi connectivity index (χ1v) is 7.34. The highest BCUT2D eigenvalue weighted by Gasteiger charge is 2.20. The van der Waals surface area contributed by atoms with Crippen molar-refractivity contribution in [3.05, 3.63) is 28.2 Å². The Morgan fingerprint density at radius 3 is 2.40 bits per heavy atom. The number of nitrogens with one attached hydrogen (secondary N) is 1. The Kier molecular flexibility index (Phi) is 6.01. The summed E-state index contributed by atoms with van der Waals surface area (Å²) in [7, 11) is 0. The lowest BCUT2D eigenvalue weighted by Gasteiger charge is -2.23. The molecule has 5 nitrogen and oxygen atoms in total. The fraction of sp³-hybridized carbons (Fsp3) is 0.429. The van der Waals surface area contributed by atoms with Crippen molar-refractivity contribution in [3.8, 4) is 0 Å². The van der Waals surface area contributed by atoms with Crippen molar-refractivity contribution < 1.29 is 9.59 Å². The second-order valence-electron chi connectivity index (χ2n) is 4.48. The molecule has 2 amide bonds. The Balaban J connectivity index is 2.77. The molecule has 1 aromatic carbocycles. The van der Waals surface area contributed by atoms with E-state index in [1.807, 2.05) is 13.8 Å². The van der Waals surface area contributed by atoms with E-state index in [2.05, 4.69) is 21.2 Å². The number of anilines is 1. The van der Waals surface area contributed by atoms with Gasteiger partial charge in [-0.05, 0) is 39.0 Å². The smallest absolute Gasteiger partial charge is 0.252 e. The van der Waals surface area contributed by atoms with Crippen molar-refractivity contribution in [2.75, 3.05) is 18.8 Å². The number of nitrogen functional groups attached to an aromatic ring is 1. The fourth-order valence-electron chi connectivity index (χ4n) is 1.89. The van der Waals surface area contributed by atoms with Gasteiger partial charge in [-0.2, -0.15) is 0 Å². The minimum Gasteiger partial charge on any atom is -0.399 e. The molecule has 0 spiro atoms. The van der Waals surface area contributed by atoms with E-state index in [0.717, 1.165) is 4.47 Å². The van der Waals surface area contributed by atoms with Crippen molar-refractivity contribution in [3.63, 3.8) is 0 Å². The van der Waals surface area contributed by atoms with Gasteiger partial charge in [0, 0.05) is 28.8 Å². The summed E-state index contributed by atoms with van der Waals surface area (Å²) in [6, 6.07) is 4.39. The van der Waals surface area contributed by atoms with E-state index in [1.54, 1.807) is 30.0 Å². The van der Waals surface area contributed by atoms with Gasteiger partial charge in [0.15, 0.2) is 0 Å². The van der Waals surface area contributed by atoms with Gasteiger partial charge in [0.25, 0.3) is 5.91 Å². The number of carbonyl (C=O) groups excluding carboxylic acids is 2. The number of amides is 2. The zero-order chi connectivity index (χ0) is 15.3. The molecule has 1 atom stereocenters. The van der Waals surface area contributed by atoms with Crippen LogP contribution in [-0.2, 0) is 4.79 Å². The molecule has 0 aliphatic carbocycles. The van der Waals surface area contributed by atoms with Crippen LogP contribution in [0, 0.1) is 0 Å². The first kappa shape index (κ1) is 16.5. The predicted octanol–water partition coefficient (Wildman–Crippen LogP) is 2.02. The van der Waals surface area contributed by atoms with Crippen LogP contribution in [0.15, 0.2) is 22.7 Å². The summed E-state index contributed by atoms with van der Waals surface area (Å²) >= 11 is 3.29. The van der Waals surface area contributed by atoms with Crippen molar-refractivity contribution >= 4 is 33.4 Å². The molecule has 1 rings (SSSR count). The Morgan fingerprint density at radius 1 is 1.30 bits per heavy atom. The summed E-state index contributed by atoms with van der Waals surface area (Å²) in [5.74, 6) is -0.405. The van der Waals surface area contributed by atoms with Crippen LogP contribution in [0.5, 0.6) is 0 Å². The number of benzene rings is 1. The predicted molar refractivity (Wildman–Crippen MR) is 83.4 cm³/mol. The van der Waals surface area contributed by atoms with Gasteiger partial charge in [-0.1, -0.05) is 15.9 Å². The van der Waals surface area contributed by atoms with Crippen LogP contribution < -0.4 is 11.1 Å². The van der Waals surface area contributed by atoms with E-state index in [4.69, 9.17) is 5.73 Å². The molecule has 0 aromatic heterocycles. The molecule has 0 saturated carbocycles. The third kappa shape index (κ3) is 4.23. The van der Waals surface area contributed by atoms with Gasteiger partial charge >= 0.3 is 0 Å². The number of likely N-dealkylation sites (N-methyl/N-ethyl adjacent to an activating group) is 1. The summed E-state index contributed by atoms with van der Waals surface area (Å²) in [5, 5.41) is 2.69. The van der Waals surface area contributed by atoms with E-state index in [-0.39, 0.29) is 11.8 Å². The summed E-state index contributed by atoms with van der Waals surface area (Å²) in [4.78, 5) is 25.9. The van der Waals surface area contributed by atoms with Gasteiger partial charge in [-0.25, -0.2) is 0 Å². The van der Waals surface area contributed by atoms with Crippen LogP contribution in [0.25, 0.3) is 0 Å². The van der Waals surface area contributed by atoms with Crippen LogP contribution in [0.2, 0.25) is 0 Å². The van der Waals surface area contributed by atoms with Crippen molar-refractivity contribution in [1.29, 1.82) is 0 Å². The molecular weight excluding hydrogens is 322 g/mol. The quantitative estimate of drug-likeness (QED) is 0.804. The topological polar surface area (TPSA) is 75.4 Å². The van der Waals surface area contributed by atoms with Crippen LogP contribution in [-0.4, -0.2) is 35.8 Å². The Morgan fingerprint density at radius 2 is 1.90 bits per heavy atom. The fourth-order valence-corrected chi connectivity index (χ4v) is 2.41. The van der Waals surface area contributed by atoms with E-state index >= 15 is 0 Å².